The van der Waals surface area contributed by atoms with Gasteiger partial charge in [0.1, 0.15) is 0 Å². The predicted molar refractivity (Wildman–Crippen MR) is 121 cm³/mol. The number of halogens is 1. The summed E-state index contributed by atoms with van der Waals surface area (Å²) in [7, 11) is 0. The van der Waals surface area contributed by atoms with Crippen LogP contribution < -0.4 is 0 Å². The van der Waals surface area contributed by atoms with Gasteiger partial charge in [-0.15, -0.1) is 20.4 Å². The minimum atomic E-state index is 0.339. The number of thioether (sulfide) groups is 1. The maximum absolute atomic E-state index is 5.75. The summed E-state index contributed by atoms with van der Waals surface area (Å²) in [4.78, 5) is 0. The highest BCUT2D eigenvalue weighted by Gasteiger charge is 2.18. The molecule has 3 heterocycles. The van der Waals surface area contributed by atoms with E-state index in [1.54, 1.807) is 12.1 Å². The Kier molecular flexibility index (Phi) is 5.44. The van der Waals surface area contributed by atoms with Crippen molar-refractivity contribution >= 4 is 27.7 Å². The molecule has 0 radical (unpaired) electrons. The summed E-state index contributed by atoms with van der Waals surface area (Å²) in [5, 5.41) is 17.8. The minimum Gasteiger partial charge on any atom is -0.444 e. The molecule has 0 N–H and O–H groups in total. The molecule has 0 spiro atoms. The first-order valence-corrected chi connectivity index (χ1v) is 11.2. The number of aryl methyl sites for hydroxylation is 1. The fraction of sp³-hybridized carbons (Fsp3) is 0.0909. The second-order valence-corrected chi connectivity index (χ2v) is 8.46. The Labute approximate surface area is 190 Å². The van der Waals surface area contributed by atoms with Gasteiger partial charge in [-0.2, -0.15) is 0 Å². The molecule has 0 aliphatic heterocycles. The van der Waals surface area contributed by atoms with Gasteiger partial charge in [0.25, 0.3) is 5.89 Å². The number of hydrogen-bond donors (Lipinski definition) is 0. The fourth-order valence-electron chi connectivity index (χ4n) is 3.10. The molecule has 2 aromatic carbocycles. The van der Waals surface area contributed by atoms with E-state index in [-0.39, 0.29) is 0 Å². The average Bonchev–Trinajstić information content (AvgIpc) is 3.52. The van der Waals surface area contributed by atoms with Crippen LogP contribution in [0.15, 0.2) is 85.4 Å². The molecule has 0 unspecified atom stereocenters. The lowest BCUT2D eigenvalue weighted by Crippen LogP contribution is -2.00. The van der Waals surface area contributed by atoms with Crippen molar-refractivity contribution in [2.45, 2.75) is 17.8 Å². The molecular weight excluding hydrogens is 478 g/mol. The summed E-state index contributed by atoms with van der Waals surface area (Å²) in [5.74, 6) is 2.57. The Morgan fingerprint density at radius 1 is 0.903 bits per heavy atom. The highest BCUT2D eigenvalue weighted by Crippen LogP contribution is 2.31. The van der Waals surface area contributed by atoms with Crippen molar-refractivity contribution < 1.29 is 8.83 Å². The summed E-state index contributed by atoms with van der Waals surface area (Å²) in [6.45, 7) is 2.07. The van der Waals surface area contributed by atoms with Gasteiger partial charge in [-0.1, -0.05) is 54.2 Å². The Hall–Kier alpha value is -3.17. The van der Waals surface area contributed by atoms with Gasteiger partial charge in [0.05, 0.1) is 5.75 Å². The average molecular weight is 494 g/mol. The third-order valence-electron chi connectivity index (χ3n) is 4.50. The van der Waals surface area contributed by atoms with Gasteiger partial charge in [0.15, 0.2) is 21.4 Å². The third-order valence-corrected chi connectivity index (χ3v) is 5.84. The summed E-state index contributed by atoms with van der Waals surface area (Å²) >= 11 is 4.76. The van der Waals surface area contributed by atoms with Crippen molar-refractivity contribution in [3.8, 4) is 28.7 Å². The number of aromatic nitrogens is 5. The Balaban J connectivity index is 1.46. The monoisotopic (exact) mass is 493 g/mol. The van der Waals surface area contributed by atoms with Gasteiger partial charge in [-0.05, 0) is 52.7 Å². The molecule has 5 aromatic rings. The van der Waals surface area contributed by atoms with Crippen LogP contribution in [0.4, 0.5) is 0 Å². The van der Waals surface area contributed by atoms with Gasteiger partial charge >= 0.3 is 0 Å². The zero-order valence-corrected chi connectivity index (χ0v) is 18.8. The van der Waals surface area contributed by atoms with Crippen LogP contribution in [-0.4, -0.2) is 25.0 Å². The minimum absolute atomic E-state index is 0.339. The van der Waals surface area contributed by atoms with E-state index in [1.807, 2.05) is 47.0 Å². The van der Waals surface area contributed by atoms with Crippen LogP contribution in [0, 0.1) is 6.92 Å². The molecule has 0 saturated carbocycles. The van der Waals surface area contributed by atoms with Crippen LogP contribution in [0.5, 0.6) is 0 Å². The topological polar surface area (TPSA) is 82.8 Å². The summed E-state index contributed by atoms with van der Waals surface area (Å²) < 4.78 is 13.9. The van der Waals surface area contributed by atoms with E-state index in [0.29, 0.717) is 28.0 Å². The van der Waals surface area contributed by atoms with E-state index in [9.17, 15) is 0 Å². The molecule has 0 aliphatic carbocycles. The van der Waals surface area contributed by atoms with Crippen LogP contribution in [0.1, 0.15) is 11.5 Å². The summed E-state index contributed by atoms with van der Waals surface area (Å²) in [6.07, 6.45) is 0. The molecule has 9 heteroatoms. The van der Waals surface area contributed by atoms with Gasteiger partial charge in [-0.25, -0.2) is 0 Å². The lowest BCUT2D eigenvalue weighted by Gasteiger charge is -2.10. The van der Waals surface area contributed by atoms with E-state index in [4.69, 9.17) is 8.83 Å². The molecule has 31 heavy (non-hydrogen) atoms. The number of nitrogens with zero attached hydrogens (tertiary/aromatic N) is 5. The van der Waals surface area contributed by atoms with Gasteiger partial charge in [0.2, 0.25) is 5.89 Å². The van der Waals surface area contributed by atoms with Gasteiger partial charge in [-0.3, -0.25) is 4.57 Å². The first-order chi connectivity index (χ1) is 15.2. The lowest BCUT2D eigenvalue weighted by molar-refractivity contribution is 0.486. The second-order valence-electron chi connectivity index (χ2n) is 6.74. The van der Waals surface area contributed by atoms with Crippen molar-refractivity contribution in [3.05, 3.63) is 82.9 Å². The molecule has 0 amide bonds. The number of furan rings is 1. The number of benzene rings is 2. The normalized spacial score (nSPS) is 11.2. The van der Waals surface area contributed by atoms with Crippen molar-refractivity contribution in [3.63, 3.8) is 0 Å². The maximum atomic E-state index is 5.75. The Morgan fingerprint density at radius 3 is 2.55 bits per heavy atom. The fourth-order valence-corrected chi connectivity index (χ4v) is 4.20. The van der Waals surface area contributed by atoms with Crippen molar-refractivity contribution in [2.24, 2.45) is 0 Å². The van der Waals surface area contributed by atoms with Crippen molar-refractivity contribution in [1.29, 1.82) is 0 Å². The maximum Gasteiger partial charge on any atom is 0.283 e. The molecular formula is C22H16BrN5O2S. The molecule has 3 aromatic heterocycles. The smallest absolute Gasteiger partial charge is 0.283 e. The molecule has 0 fully saturated rings. The molecule has 154 valence electrons. The summed E-state index contributed by atoms with van der Waals surface area (Å²) in [5.41, 5.74) is 3.15. The highest BCUT2D eigenvalue weighted by molar-refractivity contribution is 9.10. The van der Waals surface area contributed by atoms with Crippen LogP contribution in [0.2, 0.25) is 0 Å². The standard InChI is InChI=1S/C22H16BrN5O2S/c1-14-6-5-9-16(12-14)28-20(15-7-3-2-4-8-15)25-27-22(28)31-13-19-24-26-21(30-19)17-10-11-18(23)29-17/h2-12H,13H2,1H3. The molecule has 0 atom stereocenters. The lowest BCUT2D eigenvalue weighted by atomic mass is 10.2. The summed E-state index contributed by atoms with van der Waals surface area (Å²) in [6, 6.07) is 21.8. The predicted octanol–water partition coefficient (Wildman–Crippen LogP) is 5.94. The van der Waals surface area contributed by atoms with Crippen molar-refractivity contribution in [2.75, 3.05) is 0 Å². The van der Waals surface area contributed by atoms with Crippen molar-refractivity contribution in [1.82, 2.24) is 25.0 Å². The van der Waals surface area contributed by atoms with Gasteiger partial charge < -0.3 is 8.83 Å². The van der Waals surface area contributed by atoms with Crippen LogP contribution >= 0.6 is 27.7 Å². The van der Waals surface area contributed by atoms with E-state index in [0.717, 1.165) is 27.8 Å². The van der Waals surface area contributed by atoms with E-state index in [1.165, 1.54) is 11.8 Å². The van der Waals surface area contributed by atoms with Crippen LogP contribution in [0.3, 0.4) is 0 Å². The van der Waals surface area contributed by atoms with E-state index in [2.05, 4.69) is 55.4 Å². The largest absolute Gasteiger partial charge is 0.444 e. The molecule has 7 nitrogen and oxygen atoms in total. The molecule has 5 rings (SSSR count). The highest BCUT2D eigenvalue weighted by atomic mass is 79.9. The van der Waals surface area contributed by atoms with Gasteiger partial charge in [0, 0.05) is 11.3 Å². The Morgan fingerprint density at radius 2 is 1.77 bits per heavy atom. The number of hydrogen-bond acceptors (Lipinski definition) is 7. The first-order valence-electron chi connectivity index (χ1n) is 9.46. The molecule has 0 bridgehead atoms. The molecule has 0 saturated heterocycles. The zero-order valence-electron chi connectivity index (χ0n) is 16.4. The molecule has 0 aliphatic rings. The first kappa shape index (κ1) is 19.8. The van der Waals surface area contributed by atoms with Crippen LogP contribution in [-0.2, 0) is 5.75 Å². The van der Waals surface area contributed by atoms with E-state index >= 15 is 0 Å². The quantitative estimate of drug-likeness (QED) is 0.270. The second kappa shape index (κ2) is 8.52. The van der Waals surface area contributed by atoms with E-state index < -0.39 is 0 Å². The third kappa shape index (κ3) is 4.19. The SMILES string of the molecule is Cc1cccc(-n2c(SCc3nnc(-c4ccc(Br)o4)o3)nnc2-c2ccccc2)c1. The van der Waals surface area contributed by atoms with Crippen LogP contribution in [0.25, 0.3) is 28.7 Å². The number of rotatable bonds is 6. The zero-order chi connectivity index (χ0) is 21.2. The Bertz CT molecular complexity index is 1330.